The molecule has 0 aliphatic heterocycles. The van der Waals surface area contributed by atoms with Crippen LogP contribution in [0, 0.1) is 6.92 Å². The maximum atomic E-state index is 12.3. The molecule has 0 heterocycles. The van der Waals surface area contributed by atoms with E-state index in [4.69, 9.17) is 0 Å². The first-order valence-electron chi connectivity index (χ1n) is 7.80. The molecule has 2 aromatic carbocycles. The van der Waals surface area contributed by atoms with Gasteiger partial charge in [0.1, 0.15) is 5.75 Å². The molecule has 0 saturated carbocycles. The molecule has 0 fully saturated rings. The van der Waals surface area contributed by atoms with Crippen molar-refractivity contribution in [1.29, 1.82) is 0 Å². The highest BCUT2D eigenvalue weighted by Gasteiger charge is 2.12. The van der Waals surface area contributed by atoms with Crippen molar-refractivity contribution in [3.63, 3.8) is 0 Å². The average molecular weight is 333 g/mol. The van der Waals surface area contributed by atoms with Gasteiger partial charge < -0.3 is 10.1 Å². The first-order chi connectivity index (χ1) is 11.4. The van der Waals surface area contributed by atoms with Gasteiger partial charge in [-0.15, -0.1) is 0 Å². The van der Waals surface area contributed by atoms with Gasteiger partial charge in [0.25, 0.3) is 0 Å². The van der Waals surface area contributed by atoms with Crippen LogP contribution in [0.3, 0.4) is 0 Å². The Morgan fingerprint density at radius 1 is 1.12 bits per heavy atom. The summed E-state index contributed by atoms with van der Waals surface area (Å²) in [4.78, 5) is 12.3. The van der Waals surface area contributed by atoms with Gasteiger partial charge in [-0.2, -0.15) is 8.78 Å². The molecule has 0 aromatic heterocycles. The van der Waals surface area contributed by atoms with Crippen LogP contribution < -0.4 is 10.1 Å². The average Bonchev–Trinajstić information content (AvgIpc) is 2.50. The molecule has 128 valence electrons. The minimum Gasteiger partial charge on any atom is -0.435 e. The molecule has 5 heteroatoms. The van der Waals surface area contributed by atoms with Crippen molar-refractivity contribution in [1.82, 2.24) is 0 Å². The summed E-state index contributed by atoms with van der Waals surface area (Å²) in [6, 6.07) is 12.0. The number of carbonyl (C=O) groups excluding carboxylic acids is 1. The monoisotopic (exact) mass is 333 g/mol. The second-order valence-corrected chi connectivity index (χ2v) is 5.94. The van der Waals surface area contributed by atoms with Gasteiger partial charge in [0.05, 0.1) is 6.42 Å². The van der Waals surface area contributed by atoms with E-state index in [2.05, 4.69) is 23.9 Å². The zero-order valence-electron chi connectivity index (χ0n) is 14.0. The highest BCUT2D eigenvalue weighted by atomic mass is 19.3. The third-order valence-corrected chi connectivity index (χ3v) is 3.70. The van der Waals surface area contributed by atoms with Crippen LogP contribution in [0.15, 0.2) is 42.5 Å². The van der Waals surface area contributed by atoms with Crippen LogP contribution in [-0.2, 0) is 11.2 Å². The highest BCUT2D eigenvalue weighted by Crippen LogP contribution is 2.27. The number of amides is 1. The van der Waals surface area contributed by atoms with Gasteiger partial charge in [-0.25, -0.2) is 0 Å². The molecule has 0 unspecified atom stereocenters. The van der Waals surface area contributed by atoms with E-state index < -0.39 is 6.61 Å². The predicted octanol–water partition coefficient (Wildman–Crippen LogP) is 4.90. The number of rotatable bonds is 6. The van der Waals surface area contributed by atoms with Crippen molar-refractivity contribution in [2.75, 3.05) is 5.32 Å². The van der Waals surface area contributed by atoms with Crippen molar-refractivity contribution >= 4 is 11.6 Å². The van der Waals surface area contributed by atoms with Crippen LogP contribution in [-0.4, -0.2) is 12.5 Å². The molecule has 0 atom stereocenters. The minimum absolute atomic E-state index is 0.0788. The molecule has 0 bridgehead atoms. The van der Waals surface area contributed by atoms with Crippen LogP contribution in [0.4, 0.5) is 14.5 Å². The summed E-state index contributed by atoms with van der Waals surface area (Å²) in [6.45, 7) is 3.26. The van der Waals surface area contributed by atoms with Crippen molar-refractivity contribution in [2.24, 2.45) is 0 Å². The molecular weight excluding hydrogens is 312 g/mol. The summed E-state index contributed by atoms with van der Waals surface area (Å²) in [5.41, 5.74) is 3.67. The lowest BCUT2D eigenvalue weighted by molar-refractivity contribution is -0.115. The van der Waals surface area contributed by atoms with E-state index in [0.717, 1.165) is 22.4 Å². The number of hydrogen-bond donors (Lipinski definition) is 1. The van der Waals surface area contributed by atoms with Gasteiger partial charge in [0, 0.05) is 5.69 Å². The smallest absolute Gasteiger partial charge is 0.387 e. The Labute approximate surface area is 140 Å². The predicted molar refractivity (Wildman–Crippen MR) is 90.7 cm³/mol. The van der Waals surface area contributed by atoms with E-state index in [-0.39, 0.29) is 18.1 Å². The molecular formula is C19H21F2NO2. The molecule has 0 aliphatic carbocycles. The number of para-hydroxylation sites is 1. The molecule has 2 aromatic rings. The number of carbonyl (C=O) groups is 1. The van der Waals surface area contributed by atoms with Gasteiger partial charge in [-0.3, -0.25) is 4.79 Å². The number of halogens is 2. The molecule has 0 saturated heterocycles. The van der Waals surface area contributed by atoms with E-state index >= 15 is 0 Å². The summed E-state index contributed by atoms with van der Waals surface area (Å²) in [5.74, 6) is 0.231. The van der Waals surface area contributed by atoms with Crippen LogP contribution >= 0.6 is 0 Å². The van der Waals surface area contributed by atoms with E-state index in [1.54, 1.807) is 12.1 Å². The number of hydrogen-bond acceptors (Lipinski definition) is 2. The SMILES string of the molecule is Cc1cccc(C(C)C)c1NC(=O)Cc1ccc(OC(F)F)cc1. The summed E-state index contributed by atoms with van der Waals surface area (Å²) < 4.78 is 28.5. The maximum Gasteiger partial charge on any atom is 0.387 e. The third kappa shape index (κ3) is 4.78. The fourth-order valence-corrected chi connectivity index (χ4v) is 2.50. The topological polar surface area (TPSA) is 38.3 Å². The second-order valence-electron chi connectivity index (χ2n) is 5.94. The first-order valence-corrected chi connectivity index (χ1v) is 7.80. The normalized spacial score (nSPS) is 11.0. The fourth-order valence-electron chi connectivity index (χ4n) is 2.50. The number of ether oxygens (including phenoxy) is 1. The van der Waals surface area contributed by atoms with Crippen LogP contribution in [0.25, 0.3) is 0 Å². The Bertz CT molecular complexity index is 697. The van der Waals surface area contributed by atoms with E-state index in [1.165, 1.54) is 12.1 Å². The van der Waals surface area contributed by atoms with Gasteiger partial charge >= 0.3 is 6.61 Å². The lowest BCUT2D eigenvalue weighted by atomic mass is 9.98. The molecule has 0 spiro atoms. The third-order valence-electron chi connectivity index (χ3n) is 3.70. The standard InChI is InChI=1S/C19H21F2NO2/c1-12(2)16-6-4-5-13(3)18(16)22-17(23)11-14-7-9-15(10-8-14)24-19(20)21/h4-10,12,19H,11H2,1-3H3,(H,22,23). The van der Waals surface area contributed by atoms with Crippen molar-refractivity contribution in [2.45, 2.75) is 39.7 Å². The summed E-state index contributed by atoms with van der Waals surface area (Å²) in [7, 11) is 0. The van der Waals surface area contributed by atoms with Crippen LogP contribution in [0.1, 0.15) is 36.5 Å². The Morgan fingerprint density at radius 3 is 2.38 bits per heavy atom. The number of nitrogens with one attached hydrogen (secondary N) is 1. The Morgan fingerprint density at radius 2 is 1.79 bits per heavy atom. The Balaban J connectivity index is 2.06. The van der Waals surface area contributed by atoms with Gasteiger partial charge in [-0.05, 0) is 41.7 Å². The lowest BCUT2D eigenvalue weighted by Crippen LogP contribution is -2.17. The number of alkyl halides is 2. The first kappa shape index (κ1) is 17.9. The molecule has 1 N–H and O–H groups in total. The molecule has 0 aliphatic rings. The van der Waals surface area contributed by atoms with Crippen molar-refractivity contribution < 1.29 is 18.3 Å². The van der Waals surface area contributed by atoms with Crippen molar-refractivity contribution in [3.05, 3.63) is 59.2 Å². The summed E-state index contributed by atoms with van der Waals surface area (Å²) in [6.07, 6.45) is 0.167. The van der Waals surface area contributed by atoms with E-state index in [0.29, 0.717) is 5.92 Å². The fraction of sp³-hybridized carbons (Fsp3) is 0.316. The Hall–Kier alpha value is -2.43. The molecule has 24 heavy (non-hydrogen) atoms. The second kappa shape index (κ2) is 7.90. The van der Waals surface area contributed by atoms with E-state index in [1.807, 2.05) is 25.1 Å². The van der Waals surface area contributed by atoms with Gasteiger partial charge in [-0.1, -0.05) is 44.2 Å². The van der Waals surface area contributed by atoms with Gasteiger partial charge in [0.15, 0.2) is 0 Å². The molecule has 0 radical (unpaired) electrons. The number of aryl methyl sites for hydroxylation is 1. The van der Waals surface area contributed by atoms with Gasteiger partial charge in [0.2, 0.25) is 5.91 Å². The highest BCUT2D eigenvalue weighted by molar-refractivity contribution is 5.93. The van der Waals surface area contributed by atoms with Crippen LogP contribution in [0.5, 0.6) is 5.75 Å². The quantitative estimate of drug-likeness (QED) is 0.816. The molecule has 3 nitrogen and oxygen atoms in total. The maximum absolute atomic E-state index is 12.3. The van der Waals surface area contributed by atoms with Crippen molar-refractivity contribution in [3.8, 4) is 5.75 Å². The summed E-state index contributed by atoms with van der Waals surface area (Å²) in [5, 5.41) is 2.97. The minimum atomic E-state index is -2.85. The lowest BCUT2D eigenvalue weighted by Gasteiger charge is -2.16. The molecule has 2 rings (SSSR count). The number of anilines is 1. The Kier molecular flexibility index (Phi) is 5.90. The largest absolute Gasteiger partial charge is 0.435 e. The number of benzene rings is 2. The summed E-state index contributed by atoms with van der Waals surface area (Å²) >= 11 is 0. The molecule has 1 amide bonds. The zero-order chi connectivity index (χ0) is 17.7. The zero-order valence-corrected chi connectivity index (χ0v) is 14.0. The van der Waals surface area contributed by atoms with Crippen LogP contribution in [0.2, 0.25) is 0 Å². The van der Waals surface area contributed by atoms with E-state index in [9.17, 15) is 13.6 Å².